The minimum absolute atomic E-state index is 0.0343. The lowest BCUT2D eigenvalue weighted by Gasteiger charge is -2.12. The van der Waals surface area contributed by atoms with Gasteiger partial charge in [0.2, 0.25) is 0 Å². The minimum Gasteiger partial charge on any atom is -0.493 e. The number of benzene rings is 2. The van der Waals surface area contributed by atoms with Gasteiger partial charge in [0, 0.05) is 12.1 Å². The van der Waals surface area contributed by atoms with Crippen LogP contribution in [0.3, 0.4) is 0 Å². The molecule has 1 amide bonds. The smallest absolute Gasteiger partial charge is 0.387 e. The molecule has 3 aromatic rings. The molecule has 0 saturated heterocycles. The van der Waals surface area contributed by atoms with E-state index in [0.29, 0.717) is 18.5 Å². The lowest BCUT2D eigenvalue weighted by atomic mass is 10.1. The fourth-order valence-corrected chi connectivity index (χ4v) is 2.53. The monoisotopic (exact) mass is 389 g/mol. The third kappa shape index (κ3) is 4.78. The van der Waals surface area contributed by atoms with Crippen LogP contribution in [0.15, 0.2) is 48.8 Å². The molecule has 1 aromatic heterocycles. The topological polar surface area (TPSA) is 91.2 Å². The molecule has 0 bridgehead atoms. The average molecular weight is 389 g/mol. The molecule has 10 heteroatoms. The average Bonchev–Trinajstić information content (AvgIpc) is 3.23. The van der Waals surface area contributed by atoms with Crippen LogP contribution in [0.1, 0.15) is 15.9 Å². The molecule has 0 aliphatic carbocycles. The maximum atomic E-state index is 12.4. The molecule has 0 radical (unpaired) electrons. The van der Waals surface area contributed by atoms with Crippen molar-refractivity contribution in [3.63, 3.8) is 0 Å². The van der Waals surface area contributed by atoms with E-state index in [1.165, 1.54) is 24.2 Å². The van der Waals surface area contributed by atoms with Gasteiger partial charge in [-0.3, -0.25) is 4.79 Å². The van der Waals surface area contributed by atoms with Crippen LogP contribution in [0.5, 0.6) is 11.5 Å². The first-order valence-electron chi connectivity index (χ1n) is 8.30. The number of hydrogen-bond donors (Lipinski definition) is 1. The first kappa shape index (κ1) is 19.2. The first-order valence-corrected chi connectivity index (χ1v) is 8.30. The van der Waals surface area contributed by atoms with Crippen LogP contribution in [0.25, 0.3) is 5.69 Å². The van der Waals surface area contributed by atoms with Crippen LogP contribution < -0.4 is 14.8 Å². The van der Waals surface area contributed by atoms with Crippen LogP contribution in [0.2, 0.25) is 0 Å². The fraction of sp³-hybridized carbons (Fsp3) is 0.222. The van der Waals surface area contributed by atoms with Gasteiger partial charge >= 0.3 is 6.61 Å². The van der Waals surface area contributed by atoms with E-state index in [4.69, 9.17) is 4.74 Å². The number of ether oxygens (including phenoxy) is 2. The van der Waals surface area contributed by atoms with E-state index in [2.05, 4.69) is 25.6 Å². The summed E-state index contributed by atoms with van der Waals surface area (Å²) in [4.78, 5) is 12.2. The van der Waals surface area contributed by atoms with Crippen molar-refractivity contribution in [1.82, 2.24) is 25.5 Å². The molecule has 0 unspecified atom stereocenters. The van der Waals surface area contributed by atoms with Crippen LogP contribution in [0.4, 0.5) is 8.78 Å². The second kappa shape index (κ2) is 8.89. The molecule has 0 spiro atoms. The Labute approximate surface area is 159 Å². The Morgan fingerprint density at radius 3 is 2.61 bits per heavy atom. The molecule has 0 aliphatic heterocycles. The van der Waals surface area contributed by atoms with E-state index < -0.39 is 6.61 Å². The highest BCUT2D eigenvalue weighted by Gasteiger charge is 2.11. The molecular weight excluding hydrogens is 372 g/mol. The molecule has 0 aliphatic rings. The minimum atomic E-state index is -2.92. The van der Waals surface area contributed by atoms with E-state index in [0.717, 1.165) is 11.3 Å². The zero-order valence-corrected chi connectivity index (χ0v) is 14.9. The standard InChI is InChI=1S/C18H17F2N5O3/c1-27-16-10-12(2-7-15(16)28-18(19)20)8-9-21-17(26)13-3-5-14(6-4-13)25-11-22-23-24-25/h2-7,10-11,18H,8-9H2,1H3,(H,21,26). The quantitative estimate of drug-likeness (QED) is 0.635. The van der Waals surface area contributed by atoms with Crippen LogP contribution in [-0.2, 0) is 6.42 Å². The molecule has 0 atom stereocenters. The van der Waals surface area contributed by atoms with Crippen LogP contribution in [0, 0.1) is 0 Å². The number of nitrogens with zero attached hydrogens (tertiary/aromatic N) is 4. The number of tetrazole rings is 1. The molecule has 1 heterocycles. The number of aromatic nitrogens is 4. The number of carbonyl (C=O) groups is 1. The zero-order valence-electron chi connectivity index (χ0n) is 14.9. The predicted octanol–water partition coefficient (Wildman–Crippen LogP) is 2.24. The number of amides is 1. The van der Waals surface area contributed by atoms with E-state index >= 15 is 0 Å². The number of carbonyl (C=O) groups excluding carboxylic acids is 1. The molecule has 0 saturated carbocycles. The van der Waals surface area contributed by atoms with Crippen molar-refractivity contribution in [3.05, 3.63) is 59.9 Å². The van der Waals surface area contributed by atoms with Gasteiger partial charge in [-0.1, -0.05) is 6.07 Å². The third-order valence-electron chi connectivity index (χ3n) is 3.89. The number of alkyl halides is 2. The summed E-state index contributed by atoms with van der Waals surface area (Å²) in [6, 6.07) is 11.5. The van der Waals surface area contributed by atoms with Gasteiger partial charge in [0.1, 0.15) is 6.33 Å². The number of halogens is 2. The Morgan fingerprint density at radius 2 is 1.96 bits per heavy atom. The molecule has 8 nitrogen and oxygen atoms in total. The molecule has 146 valence electrons. The maximum Gasteiger partial charge on any atom is 0.387 e. The van der Waals surface area contributed by atoms with Gasteiger partial charge in [-0.2, -0.15) is 8.78 Å². The summed E-state index contributed by atoms with van der Waals surface area (Å²) in [5, 5.41) is 13.7. The van der Waals surface area contributed by atoms with Crippen molar-refractivity contribution in [3.8, 4) is 17.2 Å². The van der Waals surface area contributed by atoms with Crippen molar-refractivity contribution in [2.24, 2.45) is 0 Å². The summed E-state index contributed by atoms with van der Waals surface area (Å²) in [5.74, 6) is -0.0526. The predicted molar refractivity (Wildman–Crippen MR) is 94.8 cm³/mol. The molecule has 0 fully saturated rings. The fourth-order valence-electron chi connectivity index (χ4n) is 2.53. The highest BCUT2D eigenvalue weighted by molar-refractivity contribution is 5.94. The Balaban J connectivity index is 1.55. The van der Waals surface area contributed by atoms with Gasteiger partial charge in [0.25, 0.3) is 5.91 Å². The van der Waals surface area contributed by atoms with Crippen molar-refractivity contribution in [1.29, 1.82) is 0 Å². The Bertz CT molecular complexity index is 917. The van der Waals surface area contributed by atoms with Crippen molar-refractivity contribution in [2.75, 3.05) is 13.7 Å². The van der Waals surface area contributed by atoms with Gasteiger partial charge in [-0.15, -0.1) is 5.10 Å². The highest BCUT2D eigenvalue weighted by atomic mass is 19.3. The largest absolute Gasteiger partial charge is 0.493 e. The number of hydrogen-bond acceptors (Lipinski definition) is 6. The summed E-state index contributed by atoms with van der Waals surface area (Å²) < 4.78 is 35.6. The summed E-state index contributed by atoms with van der Waals surface area (Å²) in [6.45, 7) is -2.56. The van der Waals surface area contributed by atoms with E-state index in [1.54, 1.807) is 36.4 Å². The molecular formula is C18H17F2N5O3. The second-order valence-electron chi connectivity index (χ2n) is 5.67. The normalized spacial score (nSPS) is 10.7. The van der Waals surface area contributed by atoms with Gasteiger partial charge in [0.05, 0.1) is 12.8 Å². The Kier molecular flexibility index (Phi) is 6.10. The van der Waals surface area contributed by atoms with Gasteiger partial charge < -0.3 is 14.8 Å². The molecule has 28 heavy (non-hydrogen) atoms. The number of methoxy groups -OCH3 is 1. The van der Waals surface area contributed by atoms with Crippen LogP contribution >= 0.6 is 0 Å². The van der Waals surface area contributed by atoms with Crippen molar-refractivity contribution < 1.29 is 23.0 Å². The number of nitrogens with one attached hydrogen (secondary N) is 1. The van der Waals surface area contributed by atoms with E-state index in [-0.39, 0.29) is 17.4 Å². The van der Waals surface area contributed by atoms with Crippen molar-refractivity contribution in [2.45, 2.75) is 13.0 Å². The van der Waals surface area contributed by atoms with Gasteiger partial charge in [0.15, 0.2) is 11.5 Å². The SMILES string of the molecule is COc1cc(CCNC(=O)c2ccc(-n3cnnn3)cc2)ccc1OC(F)F. The highest BCUT2D eigenvalue weighted by Crippen LogP contribution is 2.29. The van der Waals surface area contributed by atoms with E-state index in [9.17, 15) is 13.6 Å². The number of rotatable bonds is 8. The summed E-state index contributed by atoms with van der Waals surface area (Å²) >= 11 is 0. The summed E-state index contributed by atoms with van der Waals surface area (Å²) in [7, 11) is 1.37. The van der Waals surface area contributed by atoms with Crippen molar-refractivity contribution >= 4 is 5.91 Å². The molecule has 2 aromatic carbocycles. The Morgan fingerprint density at radius 1 is 1.18 bits per heavy atom. The molecule has 3 rings (SSSR count). The summed E-state index contributed by atoms with van der Waals surface area (Å²) in [6.07, 6.45) is 1.96. The lowest BCUT2D eigenvalue weighted by molar-refractivity contribution is -0.0512. The zero-order chi connectivity index (χ0) is 19.9. The van der Waals surface area contributed by atoms with Gasteiger partial charge in [-0.05, 0) is 58.8 Å². The summed E-state index contributed by atoms with van der Waals surface area (Å²) in [5.41, 5.74) is 2.04. The second-order valence-corrected chi connectivity index (χ2v) is 5.67. The van der Waals surface area contributed by atoms with E-state index in [1.807, 2.05) is 0 Å². The molecule has 1 N–H and O–H groups in total. The first-order chi connectivity index (χ1) is 13.6. The Hall–Kier alpha value is -3.56. The van der Waals surface area contributed by atoms with Gasteiger partial charge in [-0.25, -0.2) is 4.68 Å². The van der Waals surface area contributed by atoms with Crippen LogP contribution in [-0.4, -0.2) is 46.4 Å². The lowest BCUT2D eigenvalue weighted by Crippen LogP contribution is -2.25. The third-order valence-corrected chi connectivity index (χ3v) is 3.89. The maximum absolute atomic E-state index is 12.4.